The van der Waals surface area contributed by atoms with E-state index in [0.29, 0.717) is 11.5 Å². The molecule has 2 aromatic rings. The van der Waals surface area contributed by atoms with Crippen LogP contribution >= 0.6 is 23.1 Å². The second-order valence-corrected chi connectivity index (χ2v) is 5.39. The highest BCUT2D eigenvalue weighted by Gasteiger charge is 2.11. The van der Waals surface area contributed by atoms with Gasteiger partial charge >= 0.3 is 5.97 Å². The van der Waals surface area contributed by atoms with Crippen molar-refractivity contribution >= 4 is 29.1 Å². The van der Waals surface area contributed by atoms with Gasteiger partial charge in [0.1, 0.15) is 16.8 Å². The fourth-order valence-corrected chi connectivity index (χ4v) is 2.81. The molecule has 0 aliphatic carbocycles. The van der Waals surface area contributed by atoms with E-state index in [2.05, 4.69) is 10.2 Å². The number of benzene rings is 1. The van der Waals surface area contributed by atoms with Crippen molar-refractivity contribution in [3.63, 3.8) is 0 Å². The Labute approximate surface area is 112 Å². The van der Waals surface area contributed by atoms with Crippen LogP contribution in [0, 0.1) is 0 Å². The van der Waals surface area contributed by atoms with Crippen LogP contribution in [0.25, 0.3) is 0 Å². The van der Waals surface area contributed by atoms with Gasteiger partial charge in [0, 0.05) is 5.75 Å². The fourth-order valence-electron chi connectivity index (χ4n) is 1.38. The second-order valence-electron chi connectivity index (χ2n) is 3.33. The number of carboxylic acids is 1. The molecule has 7 heteroatoms. The molecule has 94 valence electrons. The van der Waals surface area contributed by atoms with Gasteiger partial charge in [-0.25, -0.2) is 4.79 Å². The van der Waals surface area contributed by atoms with Crippen LogP contribution in [0.4, 0.5) is 0 Å². The molecule has 1 aromatic carbocycles. The zero-order valence-corrected chi connectivity index (χ0v) is 11.1. The Bertz CT molecular complexity index is 543. The summed E-state index contributed by atoms with van der Waals surface area (Å²) in [5.74, 6) is 0.0289. The Hall–Kier alpha value is -1.60. The molecule has 18 heavy (non-hydrogen) atoms. The lowest BCUT2D eigenvalue weighted by atomic mass is 10.1. The molecular weight excluding hydrogens is 272 g/mol. The van der Waals surface area contributed by atoms with Crippen molar-refractivity contribution in [1.29, 1.82) is 0 Å². The molecule has 0 aliphatic heterocycles. The van der Waals surface area contributed by atoms with Gasteiger partial charge in [-0.3, -0.25) is 0 Å². The first kappa shape index (κ1) is 12.8. The first-order valence-corrected chi connectivity index (χ1v) is 6.86. The quantitative estimate of drug-likeness (QED) is 0.850. The summed E-state index contributed by atoms with van der Waals surface area (Å²) >= 11 is 2.99. The average molecular weight is 282 g/mol. The van der Waals surface area contributed by atoms with Crippen molar-refractivity contribution in [2.24, 2.45) is 0 Å². The summed E-state index contributed by atoms with van der Waals surface area (Å²) in [5.41, 5.74) is 2.75. The van der Waals surface area contributed by atoms with Crippen molar-refractivity contribution < 1.29 is 14.6 Å². The van der Waals surface area contributed by atoms with E-state index in [1.165, 1.54) is 30.2 Å². The SMILES string of the molecule is COc1ccc(CSc2nncs2)cc1C(=O)O. The van der Waals surface area contributed by atoms with E-state index in [4.69, 9.17) is 9.84 Å². The molecule has 0 atom stereocenters. The minimum absolute atomic E-state index is 0.174. The number of rotatable bonds is 5. The smallest absolute Gasteiger partial charge is 0.339 e. The highest BCUT2D eigenvalue weighted by Crippen LogP contribution is 2.26. The van der Waals surface area contributed by atoms with E-state index >= 15 is 0 Å². The number of thioether (sulfide) groups is 1. The number of methoxy groups -OCH3 is 1. The highest BCUT2D eigenvalue weighted by atomic mass is 32.2. The largest absolute Gasteiger partial charge is 0.496 e. The number of aromatic nitrogens is 2. The molecule has 2 rings (SSSR count). The molecule has 1 N–H and O–H groups in total. The van der Waals surface area contributed by atoms with E-state index in [-0.39, 0.29) is 5.56 Å². The summed E-state index contributed by atoms with van der Waals surface area (Å²) in [7, 11) is 1.46. The summed E-state index contributed by atoms with van der Waals surface area (Å²) in [6, 6.07) is 5.13. The summed E-state index contributed by atoms with van der Waals surface area (Å²) < 4.78 is 5.87. The van der Waals surface area contributed by atoms with Crippen LogP contribution in [0.2, 0.25) is 0 Å². The van der Waals surface area contributed by atoms with Gasteiger partial charge in [-0.1, -0.05) is 29.2 Å². The minimum Gasteiger partial charge on any atom is -0.496 e. The van der Waals surface area contributed by atoms with Crippen LogP contribution < -0.4 is 4.74 Å². The van der Waals surface area contributed by atoms with Crippen molar-refractivity contribution in [3.8, 4) is 5.75 Å². The van der Waals surface area contributed by atoms with E-state index < -0.39 is 5.97 Å². The van der Waals surface area contributed by atoms with Crippen molar-refractivity contribution in [3.05, 3.63) is 34.8 Å². The van der Waals surface area contributed by atoms with E-state index in [0.717, 1.165) is 9.90 Å². The molecule has 0 aliphatic rings. The molecule has 0 bridgehead atoms. The number of hydrogen-bond donors (Lipinski definition) is 1. The molecule has 5 nitrogen and oxygen atoms in total. The zero-order chi connectivity index (χ0) is 13.0. The number of carboxylic acid groups (broad SMARTS) is 1. The molecule has 0 radical (unpaired) electrons. The first-order chi connectivity index (χ1) is 8.70. The first-order valence-electron chi connectivity index (χ1n) is 5.00. The number of carbonyl (C=O) groups is 1. The van der Waals surface area contributed by atoms with Gasteiger partial charge in [0.15, 0.2) is 4.34 Å². The maximum atomic E-state index is 11.1. The Kier molecular flexibility index (Phi) is 4.16. The molecule has 0 unspecified atom stereocenters. The number of hydrogen-bond acceptors (Lipinski definition) is 6. The number of aromatic carboxylic acids is 1. The topological polar surface area (TPSA) is 72.3 Å². The monoisotopic (exact) mass is 282 g/mol. The number of ether oxygens (including phenoxy) is 1. The summed E-state index contributed by atoms with van der Waals surface area (Å²) in [6.45, 7) is 0. The maximum absolute atomic E-state index is 11.1. The van der Waals surface area contributed by atoms with Crippen LogP contribution in [-0.2, 0) is 5.75 Å². The van der Waals surface area contributed by atoms with Gasteiger partial charge < -0.3 is 9.84 Å². The summed E-state index contributed by atoms with van der Waals surface area (Å²) in [6.07, 6.45) is 0. The molecule has 0 fully saturated rings. The fraction of sp³-hybridized carbons (Fsp3) is 0.182. The second kappa shape index (κ2) is 5.83. The van der Waals surface area contributed by atoms with Gasteiger partial charge in [0.2, 0.25) is 0 Å². The lowest BCUT2D eigenvalue weighted by Gasteiger charge is -2.06. The maximum Gasteiger partial charge on any atom is 0.339 e. The highest BCUT2D eigenvalue weighted by molar-refractivity contribution is 8.00. The third kappa shape index (κ3) is 2.99. The molecule has 0 saturated heterocycles. The van der Waals surface area contributed by atoms with Gasteiger partial charge in [-0.05, 0) is 17.7 Å². The van der Waals surface area contributed by atoms with Crippen LogP contribution in [-0.4, -0.2) is 28.4 Å². The van der Waals surface area contributed by atoms with Crippen molar-refractivity contribution in [2.45, 2.75) is 10.1 Å². The Balaban J connectivity index is 2.14. The zero-order valence-electron chi connectivity index (χ0n) is 9.49. The van der Waals surface area contributed by atoms with E-state index in [1.54, 1.807) is 17.6 Å². The molecule has 0 saturated carbocycles. The number of nitrogens with zero attached hydrogens (tertiary/aromatic N) is 2. The lowest BCUT2D eigenvalue weighted by molar-refractivity contribution is 0.0693. The Morgan fingerprint density at radius 3 is 3.00 bits per heavy atom. The predicted molar refractivity (Wildman–Crippen MR) is 69.4 cm³/mol. The Morgan fingerprint density at radius 2 is 2.39 bits per heavy atom. The van der Waals surface area contributed by atoms with Gasteiger partial charge in [-0.15, -0.1) is 10.2 Å². The third-order valence-electron chi connectivity index (χ3n) is 2.20. The summed E-state index contributed by atoms with van der Waals surface area (Å²) in [5, 5.41) is 16.7. The van der Waals surface area contributed by atoms with Crippen molar-refractivity contribution in [2.75, 3.05) is 7.11 Å². The molecule has 1 heterocycles. The van der Waals surface area contributed by atoms with Crippen LogP contribution in [0.3, 0.4) is 0 Å². The average Bonchev–Trinajstić information content (AvgIpc) is 2.89. The third-order valence-corrected chi connectivity index (χ3v) is 4.13. The molecule has 1 aromatic heterocycles. The van der Waals surface area contributed by atoms with Gasteiger partial charge in [-0.2, -0.15) is 0 Å². The van der Waals surface area contributed by atoms with Crippen molar-refractivity contribution in [1.82, 2.24) is 10.2 Å². The molecular formula is C11H10N2O3S2. The van der Waals surface area contributed by atoms with E-state index in [1.807, 2.05) is 6.07 Å². The van der Waals surface area contributed by atoms with Crippen LogP contribution in [0.15, 0.2) is 28.0 Å². The standard InChI is InChI=1S/C11H10N2O3S2/c1-16-9-3-2-7(4-8(9)10(14)15)5-17-11-13-12-6-18-11/h2-4,6H,5H2,1H3,(H,14,15). The lowest BCUT2D eigenvalue weighted by Crippen LogP contribution is -2.01. The molecule has 0 spiro atoms. The van der Waals surface area contributed by atoms with Crippen LogP contribution in [0.1, 0.15) is 15.9 Å². The summed E-state index contributed by atoms with van der Waals surface area (Å²) in [4.78, 5) is 11.1. The minimum atomic E-state index is -0.991. The van der Waals surface area contributed by atoms with Gasteiger partial charge in [0.25, 0.3) is 0 Å². The Morgan fingerprint density at radius 1 is 1.56 bits per heavy atom. The van der Waals surface area contributed by atoms with Crippen LogP contribution in [0.5, 0.6) is 5.75 Å². The normalized spacial score (nSPS) is 10.3. The van der Waals surface area contributed by atoms with Gasteiger partial charge in [0.05, 0.1) is 7.11 Å². The molecule has 0 amide bonds. The van der Waals surface area contributed by atoms with E-state index in [9.17, 15) is 4.79 Å². The predicted octanol–water partition coefficient (Wildman–Crippen LogP) is 2.54.